The Balaban J connectivity index is 1.59. The van der Waals surface area contributed by atoms with E-state index >= 15 is 0 Å². The number of hydrogen-bond acceptors (Lipinski definition) is 0. The summed E-state index contributed by atoms with van der Waals surface area (Å²) in [4.78, 5) is 3.76. The first-order valence-electron chi connectivity index (χ1n) is 10.6. The highest BCUT2D eigenvalue weighted by molar-refractivity contribution is 4.88. The molecule has 0 aromatic carbocycles. The summed E-state index contributed by atoms with van der Waals surface area (Å²) in [6.45, 7) is 12.0. The molecule has 0 radical (unpaired) electrons. The number of unbranched alkanes of at least 4 members (excludes halogenated alkanes) is 3. The van der Waals surface area contributed by atoms with Gasteiger partial charge in [0.25, 0.3) is 0 Å². The molecule has 1 unspecified atom stereocenters. The minimum absolute atomic E-state index is 0.358. The van der Waals surface area contributed by atoms with Crippen molar-refractivity contribution in [2.24, 2.45) is 23.7 Å². The molecule has 2 aliphatic carbocycles. The van der Waals surface area contributed by atoms with Crippen LogP contribution < -0.4 is 0 Å². The van der Waals surface area contributed by atoms with E-state index in [0.717, 1.165) is 23.7 Å². The van der Waals surface area contributed by atoms with Crippen molar-refractivity contribution in [1.82, 2.24) is 0 Å². The molecule has 0 saturated heterocycles. The van der Waals surface area contributed by atoms with Crippen LogP contribution in [0.15, 0.2) is 0 Å². The average molecular weight is 318 g/mol. The molecule has 1 nitrogen and oxygen atoms in total. The van der Waals surface area contributed by atoms with Crippen LogP contribution in [0.25, 0.3) is 4.85 Å². The van der Waals surface area contributed by atoms with Crippen LogP contribution in [0.2, 0.25) is 0 Å². The molecule has 0 heterocycles. The van der Waals surface area contributed by atoms with Gasteiger partial charge in [-0.25, -0.2) is 6.57 Å². The summed E-state index contributed by atoms with van der Waals surface area (Å²) in [7, 11) is 0. The van der Waals surface area contributed by atoms with Gasteiger partial charge >= 0.3 is 0 Å². The Labute approximate surface area is 145 Å². The van der Waals surface area contributed by atoms with Crippen LogP contribution in [0, 0.1) is 30.2 Å². The third-order valence-corrected chi connectivity index (χ3v) is 6.77. The van der Waals surface area contributed by atoms with Gasteiger partial charge in [0, 0.05) is 12.8 Å². The number of nitrogens with zero attached hydrogens (tertiary/aromatic N) is 1. The molecular weight excluding hydrogens is 278 g/mol. The van der Waals surface area contributed by atoms with Crippen LogP contribution in [-0.2, 0) is 0 Å². The molecule has 1 atom stereocenters. The quantitative estimate of drug-likeness (QED) is 0.327. The second kappa shape index (κ2) is 10.4. The smallest absolute Gasteiger partial charge is 0.223 e. The second-order valence-corrected chi connectivity index (χ2v) is 8.67. The van der Waals surface area contributed by atoms with Gasteiger partial charge in [0.2, 0.25) is 6.04 Å². The molecule has 0 aromatic heterocycles. The zero-order valence-corrected chi connectivity index (χ0v) is 15.7. The minimum Gasteiger partial charge on any atom is -0.314 e. The zero-order chi connectivity index (χ0) is 16.5. The Kier molecular flexibility index (Phi) is 8.49. The topological polar surface area (TPSA) is 4.36 Å². The first kappa shape index (κ1) is 18.8. The minimum atomic E-state index is 0.358. The standard InChI is InChI=1S/C22H39N/c1-4-5-6-7-8-18(2)17-19-9-11-20(12-10-19)21-13-15-22(23-3)16-14-21/h18-22H,4-17H2,1-2H3. The third kappa shape index (κ3) is 6.48. The van der Waals surface area contributed by atoms with Crippen molar-refractivity contribution in [1.29, 1.82) is 0 Å². The molecule has 23 heavy (non-hydrogen) atoms. The van der Waals surface area contributed by atoms with Gasteiger partial charge in [-0.15, -0.1) is 0 Å². The van der Waals surface area contributed by atoms with Gasteiger partial charge in [0.15, 0.2) is 0 Å². The molecule has 0 bridgehead atoms. The normalized spacial score (nSPS) is 33.1. The van der Waals surface area contributed by atoms with Crippen molar-refractivity contribution in [3.63, 3.8) is 0 Å². The lowest BCUT2D eigenvalue weighted by Gasteiger charge is -2.36. The summed E-state index contributed by atoms with van der Waals surface area (Å²) in [6.07, 6.45) is 19.6. The van der Waals surface area contributed by atoms with Crippen LogP contribution in [0.4, 0.5) is 0 Å². The maximum absolute atomic E-state index is 7.20. The van der Waals surface area contributed by atoms with E-state index in [-0.39, 0.29) is 0 Å². The summed E-state index contributed by atoms with van der Waals surface area (Å²) >= 11 is 0. The fraction of sp³-hybridized carbons (Fsp3) is 0.955. The lowest BCUT2D eigenvalue weighted by molar-refractivity contribution is 0.153. The lowest BCUT2D eigenvalue weighted by Crippen LogP contribution is -2.27. The summed E-state index contributed by atoms with van der Waals surface area (Å²) in [5.41, 5.74) is 0. The van der Waals surface area contributed by atoms with Crippen molar-refractivity contribution in [3.8, 4) is 0 Å². The molecule has 1 heteroatoms. The molecule has 132 valence electrons. The van der Waals surface area contributed by atoms with Crippen molar-refractivity contribution < 1.29 is 0 Å². The van der Waals surface area contributed by atoms with Crippen LogP contribution in [0.1, 0.15) is 104 Å². The van der Waals surface area contributed by atoms with Gasteiger partial charge in [-0.3, -0.25) is 0 Å². The van der Waals surface area contributed by atoms with E-state index in [0.29, 0.717) is 6.04 Å². The highest BCUT2D eigenvalue weighted by atomic mass is 14.7. The fourth-order valence-corrected chi connectivity index (χ4v) is 5.20. The van der Waals surface area contributed by atoms with Crippen LogP contribution in [0.3, 0.4) is 0 Å². The Morgan fingerprint density at radius 1 is 0.870 bits per heavy atom. The second-order valence-electron chi connectivity index (χ2n) is 8.67. The van der Waals surface area contributed by atoms with Crippen molar-refractivity contribution in [2.75, 3.05) is 0 Å². The molecule has 0 aliphatic heterocycles. The predicted octanol–water partition coefficient (Wildman–Crippen LogP) is 7.27. The van der Waals surface area contributed by atoms with E-state index in [2.05, 4.69) is 18.7 Å². The SMILES string of the molecule is [C-]#[N+]C1CCC(C2CCC(CC(C)CCCCCC)CC2)CC1. The Bertz CT molecular complexity index is 339. The summed E-state index contributed by atoms with van der Waals surface area (Å²) in [6, 6.07) is 0.358. The summed E-state index contributed by atoms with van der Waals surface area (Å²) < 4.78 is 0. The molecule has 2 rings (SSSR count). The van der Waals surface area contributed by atoms with Crippen molar-refractivity contribution in [3.05, 3.63) is 11.4 Å². The van der Waals surface area contributed by atoms with E-state index < -0.39 is 0 Å². The van der Waals surface area contributed by atoms with Gasteiger partial charge in [0.1, 0.15) is 0 Å². The maximum atomic E-state index is 7.20. The van der Waals surface area contributed by atoms with Crippen molar-refractivity contribution in [2.45, 2.75) is 110 Å². The molecule has 0 amide bonds. The van der Waals surface area contributed by atoms with Gasteiger partial charge in [0.05, 0.1) is 0 Å². The third-order valence-electron chi connectivity index (χ3n) is 6.77. The molecule has 0 spiro atoms. The Morgan fingerprint density at radius 3 is 2.04 bits per heavy atom. The highest BCUT2D eigenvalue weighted by Gasteiger charge is 2.32. The predicted molar refractivity (Wildman–Crippen MR) is 100 cm³/mol. The van der Waals surface area contributed by atoms with Crippen LogP contribution in [-0.4, -0.2) is 6.04 Å². The highest BCUT2D eigenvalue weighted by Crippen LogP contribution is 2.42. The van der Waals surface area contributed by atoms with E-state index in [1.54, 1.807) is 0 Å². The largest absolute Gasteiger partial charge is 0.314 e. The molecule has 2 saturated carbocycles. The van der Waals surface area contributed by atoms with Gasteiger partial charge in [-0.05, 0) is 55.8 Å². The summed E-state index contributed by atoms with van der Waals surface area (Å²) in [5, 5.41) is 0. The number of hydrogen-bond donors (Lipinski definition) is 0. The first-order valence-corrected chi connectivity index (χ1v) is 10.6. The van der Waals surface area contributed by atoms with Gasteiger partial charge in [-0.2, -0.15) is 0 Å². The van der Waals surface area contributed by atoms with Gasteiger partial charge < -0.3 is 4.85 Å². The maximum Gasteiger partial charge on any atom is 0.223 e. The van der Waals surface area contributed by atoms with E-state index in [1.807, 2.05) is 0 Å². The summed E-state index contributed by atoms with van der Waals surface area (Å²) in [5.74, 6) is 3.92. The van der Waals surface area contributed by atoms with E-state index in [9.17, 15) is 0 Å². The van der Waals surface area contributed by atoms with E-state index in [1.165, 1.54) is 89.9 Å². The van der Waals surface area contributed by atoms with Crippen LogP contribution >= 0.6 is 0 Å². The van der Waals surface area contributed by atoms with Gasteiger partial charge in [-0.1, -0.05) is 58.8 Å². The number of rotatable bonds is 8. The molecular formula is C22H39N. The molecule has 0 aromatic rings. The van der Waals surface area contributed by atoms with E-state index in [4.69, 9.17) is 6.57 Å². The Morgan fingerprint density at radius 2 is 1.48 bits per heavy atom. The molecule has 2 aliphatic rings. The molecule has 0 N–H and O–H groups in total. The zero-order valence-electron chi connectivity index (χ0n) is 15.7. The monoisotopic (exact) mass is 317 g/mol. The van der Waals surface area contributed by atoms with Crippen LogP contribution in [0.5, 0.6) is 0 Å². The van der Waals surface area contributed by atoms with Crippen molar-refractivity contribution >= 4 is 0 Å². The Hall–Kier alpha value is -0.510. The average Bonchev–Trinajstić information content (AvgIpc) is 2.59. The molecule has 2 fully saturated rings. The fourth-order valence-electron chi connectivity index (χ4n) is 5.20. The first-order chi connectivity index (χ1) is 11.2. The lowest BCUT2D eigenvalue weighted by atomic mass is 9.69.